The van der Waals surface area contributed by atoms with Gasteiger partial charge >= 0.3 is 5.63 Å². The van der Waals surface area contributed by atoms with Gasteiger partial charge in [0.05, 0.1) is 13.7 Å². The highest BCUT2D eigenvalue weighted by atomic mass is 16.5. The fourth-order valence-corrected chi connectivity index (χ4v) is 2.31. The van der Waals surface area contributed by atoms with Crippen LogP contribution in [0.1, 0.15) is 41.4 Å². The Morgan fingerprint density at radius 1 is 1.27 bits per heavy atom. The smallest absolute Gasteiger partial charge is 0.351 e. The predicted octanol–water partition coefficient (Wildman–Crippen LogP) is 3.74. The summed E-state index contributed by atoms with van der Waals surface area (Å²) in [7, 11) is 1.56. The maximum atomic E-state index is 12.2. The Labute approximate surface area is 151 Å². The molecule has 0 aliphatic rings. The fraction of sp³-hybridized carbons (Fsp3) is 0.300. The first-order chi connectivity index (χ1) is 12.5. The first kappa shape index (κ1) is 19.3. The van der Waals surface area contributed by atoms with Gasteiger partial charge in [-0.25, -0.2) is 4.79 Å². The highest BCUT2D eigenvalue weighted by Crippen LogP contribution is 2.29. The average Bonchev–Trinajstić information content (AvgIpc) is 2.59. The van der Waals surface area contributed by atoms with Gasteiger partial charge in [-0.3, -0.25) is 4.79 Å². The highest BCUT2D eigenvalue weighted by molar-refractivity contribution is 6.08. The Balaban J connectivity index is 2.23. The van der Waals surface area contributed by atoms with E-state index in [0.29, 0.717) is 23.7 Å². The summed E-state index contributed by atoms with van der Waals surface area (Å²) in [5, 5.41) is 9.82. The van der Waals surface area contributed by atoms with E-state index in [2.05, 4.69) is 6.92 Å². The van der Waals surface area contributed by atoms with E-state index in [9.17, 15) is 14.7 Å². The van der Waals surface area contributed by atoms with E-state index in [-0.39, 0.29) is 11.3 Å². The number of benzene rings is 1. The van der Waals surface area contributed by atoms with Crippen molar-refractivity contribution in [3.63, 3.8) is 0 Å². The second-order valence-electron chi connectivity index (χ2n) is 5.71. The fourth-order valence-electron chi connectivity index (χ4n) is 2.31. The van der Waals surface area contributed by atoms with E-state index in [4.69, 9.17) is 13.9 Å². The quantitative estimate of drug-likeness (QED) is 0.439. The minimum Gasteiger partial charge on any atom is -0.507 e. The lowest BCUT2D eigenvalue weighted by Crippen LogP contribution is -2.12. The van der Waals surface area contributed by atoms with Gasteiger partial charge in [-0.2, -0.15) is 0 Å². The molecule has 1 aromatic carbocycles. The van der Waals surface area contributed by atoms with Crippen LogP contribution >= 0.6 is 0 Å². The topological polar surface area (TPSA) is 86.0 Å². The first-order valence-corrected chi connectivity index (χ1v) is 8.33. The molecule has 0 aliphatic carbocycles. The Kier molecular flexibility index (Phi) is 6.60. The minimum atomic E-state index is -0.865. The lowest BCUT2D eigenvalue weighted by atomic mass is 10.1. The number of aromatic hydroxyl groups is 1. The largest absolute Gasteiger partial charge is 0.507 e. The van der Waals surface area contributed by atoms with E-state index in [1.165, 1.54) is 25.1 Å². The Hall–Kier alpha value is -3.02. The number of hydrogen-bond donors (Lipinski definition) is 1. The van der Waals surface area contributed by atoms with Crippen molar-refractivity contribution >= 4 is 11.9 Å². The van der Waals surface area contributed by atoms with E-state index >= 15 is 0 Å². The summed E-state index contributed by atoms with van der Waals surface area (Å²) in [4.78, 5) is 24.0. The number of ketones is 1. The molecule has 1 heterocycles. The van der Waals surface area contributed by atoms with Crippen molar-refractivity contribution in [3.8, 4) is 17.2 Å². The molecular formula is C20H22O6. The van der Waals surface area contributed by atoms with E-state index in [1.54, 1.807) is 25.3 Å². The zero-order valence-corrected chi connectivity index (χ0v) is 15.1. The molecule has 0 bridgehead atoms. The van der Waals surface area contributed by atoms with Crippen LogP contribution in [0.25, 0.3) is 6.08 Å². The molecule has 1 aromatic heterocycles. The van der Waals surface area contributed by atoms with Gasteiger partial charge in [0.15, 0.2) is 17.3 Å². The van der Waals surface area contributed by atoms with Crippen molar-refractivity contribution < 1.29 is 23.8 Å². The predicted molar refractivity (Wildman–Crippen MR) is 98.1 cm³/mol. The van der Waals surface area contributed by atoms with Crippen molar-refractivity contribution in [2.24, 2.45) is 0 Å². The van der Waals surface area contributed by atoms with Crippen LogP contribution < -0.4 is 15.1 Å². The average molecular weight is 358 g/mol. The van der Waals surface area contributed by atoms with Gasteiger partial charge in [0, 0.05) is 6.07 Å². The molecule has 138 valence electrons. The van der Waals surface area contributed by atoms with Crippen LogP contribution in [0.15, 0.2) is 39.6 Å². The minimum absolute atomic E-state index is 0.233. The van der Waals surface area contributed by atoms with Crippen LogP contribution in [0.5, 0.6) is 17.2 Å². The molecule has 6 nitrogen and oxygen atoms in total. The third-order valence-electron chi connectivity index (χ3n) is 3.67. The number of aryl methyl sites for hydroxylation is 1. The van der Waals surface area contributed by atoms with Crippen molar-refractivity contribution in [2.45, 2.75) is 26.7 Å². The van der Waals surface area contributed by atoms with E-state index in [0.717, 1.165) is 12.8 Å². The second-order valence-corrected chi connectivity index (χ2v) is 5.71. The van der Waals surface area contributed by atoms with Crippen LogP contribution in [0.2, 0.25) is 0 Å². The molecule has 0 saturated heterocycles. The van der Waals surface area contributed by atoms with Gasteiger partial charge in [0.25, 0.3) is 0 Å². The van der Waals surface area contributed by atoms with Gasteiger partial charge in [-0.15, -0.1) is 0 Å². The zero-order valence-electron chi connectivity index (χ0n) is 15.1. The molecule has 0 radical (unpaired) electrons. The number of carbonyl (C=O) groups is 1. The molecule has 2 rings (SSSR count). The number of carbonyl (C=O) groups excluding carboxylic acids is 1. The third-order valence-corrected chi connectivity index (χ3v) is 3.67. The van der Waals surface area contributed by atoms with E-state index < -0.39 is 17.2 Å². The van der Waals surface area contributed by atoms with Crippen LogP contribution in [0, 0.1) is 6.92 Å². The van der Waals surface area contributed by atoms with Crippen LogP contribution in [0.3, 0.4) is 0 Å². The molecule has 0 aliphatic heterocycles. The number of hydrogen-bond acceptors (Lipinski definition) is 6. The molecule has 0 spiro atoms. The molecule has 26 heavy (non-hydrogen) atoms. The van der Waals surface area contributed by atoms with Crippen LogP contribution in [0.4, 0.5) is 0 Å². The molecule has 6 heteroatoms. The lowest BCUT2D eigenvalue weighted by Gasteiger charge is -2.11. The van der Waals surface area contributed by atoms with Crippen LogP contribution in [-0.2, 0) is 0 Å². The number of ether oxygens (including phenoxy) is 2. The molecule has 0 unspecified atom stereocenters. The molecule has 0 saturated carbocycles. The molecule has 0 amide bonds. The van der Waals surface area contributed by atoms with Gasteiger partial charge < -0.3 is 19.0 Å². The molecule has 2 aromatic rings. The Morgan fingerprint density at radius 3 is 2.69 bits per heavy atom. The van der Waals surface area contributed by atoms with Gasteiger partial charge in [-0.05, 0) is 37.1 Å². The van der Waals surface area contributed by atoms with Gasteiger partial charge in [0.2, 0.25) is 0 Å². The third kappa shape index (κ3) is 4.75. The maximum Gasteiger partial charge on any atom is 0.351 e. The van der Waals surface area contributed by atoms with Crippen LogP contribution in [-0.4, -0.2) is 24.6 Å². The van der Waals surface area contributed by atoms with Crippen molar-refractivity contribution in [2.75, 3.05) is 13.7 Å². The monoisotopic (exact) mass is 358 g/mol. The summed E-state index contributed by atoms with van der Waals surface area (Å²) in [6, 6.07) is 6.47. The summed E-state index contributed by atoms with van der Waals surface area (Å²) in [6.07, 6.45) is 4.68. The number of unbranched alkanes of at least 4 members (excludes halogenated alkanes) is 1. The van der Waals surface area contributed by atoms with Gasteiger partial charge in [-0.1, -0.05) is 25.5 Å². The number of allylic oxidation sites excluding steroid dienone is 1. The Bertz CT molecular complexity index is 863. The standard InChI is InChI=1S/C20H22O6/c1-4-5-10-25-18-12-14(7-9-17(18)24-3)6-8-15(21)19-16(22)11-13(2)26-20(19)23/h6-9,11-12,22H,4-5,10H2,1-3H3/b8-6+. The Morgan fingerprint density at radius 2 is 2.04 bits per heavy atom. The van der Waals surface area contributed by atoms with E-state index in [1.807, 2.05) is 0 Å². The maximum absolute atomic E-state index is 12.2. The molecule has 0 atom stereocenters. The number of rotatable bonds is 8. The lowest BCUT2D eigenvalue weighted by molar-refractivity contribution is 0.104. The SMILES string of the molecule is CCCCOc1cc(/C=C/C(=O)c2c(O)cc(C)oc2=O)ccc1OC. The molecule has 0 fully saturated rings. The van der Waals surface area contributed by atoms with Crippen molar-refractivity contribution in [3.05, 3.63) is 57.6 Å². The zero-order chi connectivity index (χ0) is 19.1. The normalized spacial score (nSPS) is 10.9. The van der Waals surface area contributed by atoms with Crippen molar-refractivity contribution in [1.29, 1.82) is 0 Å². The molecule has 1 N–H and O–H groups in total. The second kappa shape index (κ2) is 8.89. The van der Waals surface area contributed by atoms with Gasteiger partial charge in [0.1, 0.15) is 17.1 Å². The van der Waals surface area contributed by atoms with Crippen molar-refractivity contribution in [1.82, 2.24) is 0 Å². The summed E-state index contributed by atoms with van der Waals surface area (Å²) in [6.45, 7) is 4.16. The summed E-state index contributed by atoms with van der Waals surface area (Å²) in [5.74, 6) is 0.374. The highest BCUT2D eigenvalue weighted by Gasteiger charge is 2.16. The first-order valence-electron chi connectivity index (χ1n) is 8.33. The summed E-state index contributed by atoms with van der Waals surface area (Å²) < 4.78 is 15.8. The summed E-state index contributed by atoms with van der Waals surface area (Å²) in [5.41, 5.74) is -0.558. The summed E-state index contributed by atoms with van der Waals surface area (Å²) >= 11 is 0. The number of methoxy groups -OCH3 is 1. The molecular weight excluding hydrogens is 336 g/mol.